The molecule has 0 aliphatic rings. The standard InChI is InChI=1S/C6H5Cl.C3H7Br/c7-6-4-2-1-3-5-6;1-2-3-4/h1-5H;2-3H2,1H3. The first kappa shape index (κ1) is 11.0. The highest BCUT2D eigenvalue weighted by Crippen LogP contribution is 2.03. The van der Waals surface area contributed by atoms with Crippen molar-refractivity contribution in [3.8, 4) is 0 Å². The van der Waals surface area contributed by atoms with Gasteiger partial charge >= 0.3 is 0 Å². The monoisotopic (exact) mass is 234 g/mol. The van der Waals surface area contributed by atoms with Crippen LogP contribution < -0.4 is 0 Å². The van der Waals surface area contributed by atoms with Crippen LogP contribution in [0.2, 0.25) is 5.02 Å². The van der Waals surface area contributed by atoms with Crippen molar-refractivity contribution in [2.75, 3.05) is 5.33 Å². The predicted octanol–water partition coefficient (Wildman–Crippen LogP) is 4.13. The zero-order chi connectivity index (χ0) is 8.53. The van der Waals surface area contributed by atoms with Gasteiger partial charge in [0.2, 0.25) is 0 Å². The van der Waals surface area contributed by atoms with Crippen LogP contribution in [0.3, 0.4) is 0 Å². The van der Waals surface area contributed by atoms with Gasteiger partial charge in [0.05, 0.1) is 0 Å². The Morgan fingerprint density at radius 1 is 1.27 bits per heavy atom. The molecule has 0 nitrogen and oxygen atoms in total. The average molecular weight is 236 g/mol. The van der Waals surface area contributed by atoms with Gasteiger partial charge in [0, 0.05) is 10.4 Å². The Labute approximate surface area is 81.7 Å². The maximum Gasteiger partial charge on any atom is 0.0405 e. The molecule has 0 saturated carbocycles. The van der Waals surface area contributed by atoms with Gasteiger partial charge in [0.1, 0.15) is 0 Å². The van der Waals surface area contributed by atoms with Gasteiger partial charge < -0.3 is 0 Å². The van der Waals surface area contributed by atoms with E-state index in [2.05, 4.69) is 22.9 Å². The molecule has 0 unspecified atom stereocenters. The van der Waals surface area contributed by atoms with Crippen molar-refractivity contribution in [2.24, 2.45) is 0 Å². The van der Waals surface area contributed by atoms with Gasteiger partial charge in [0.25, 0.3) is 0 Å². The highest BCUT2D eigenvalue weighted by atomic mass is 79.9. The van der Waals surface area contributed by atoms with Gasteiger partial charge in [-0.2, -0.15) is 0 Å². The minimum Gasteiger partial charge on any atom is -0.0928 e. The molecule has 0 N–H and O–H groups in total. The van der Waals surface area contributed by atoms with E-state index in [4.69, 9.17) is 11.6 Å². The molecule has 0 heterocycles. The molecule has 1 aromatic rings. The summed E-state index contributed by atoms with van der Waals surface area (Å²) in [6.07, 6.45) is 1.24. The summed E-state index contributed by atoms with van der Waals surface area (Å²) in [6.45, 7) is 2.13. The van der Waals surface area contributed by atoms with Gasteiger partial charge in [-0.05, 0) is 18.6 Å². The fourth-order valence-electron chi connectivity index (χ4n) is 0.415. The predicted molar refractivity (Wildman–Crippen MR) is 55.5 cm³/mol. The lowest BCUT2D eigenvalue weighted by molar-refractivity contribution is 1.12. The summed E-state index contributed by atoms with van der Waals surface area (Å²) in [5.74, 6) is 0. The molecular weight excluding hydrogens is 223 g/mol. The molecule has 2 heteroatoms. The molecular formula is C9H12BrCl. The Balaban J connectivity index is 0.000000218. The molecule has 0 spiro atoms. The molecule has 0 aliphatic heterocycles. The van der Waals surface area contributed by atoms with Crippen LogP contribution in [0.5, 0.6) is 0 Å². The molecule has 0 aliphatic carbocycles. The van der Waals surface area contributed by atoms with Crippen molar-refractivity contribution in [1.29, 1.82) is 0 Å². The summed E-state index contributed by atoms with van der Waals surface area (Å²) in [4.78, 5) is 0. The topological polar surface area (TPSA) is 0 Å². The van der Waals surface area contributed by atoms with Crippen molar-refractivity contribution < 1.29 is 0 Å². The Kier molecular flexibility index (Phi) is 8.08. The Bertz CT molecular complexity index is 160. The number of hydrogen-bond acceptors (Lipinski definition) is 0. The second kappa shape index (κ2) is 8.09. The summed E-state index contributed by atoms with van der Waals surface area (Å²) in [5.41, 5.74) is 0. The van der Waals surface area contributed by atoms with Crippen molar-refractivity contribution in [3.05, 3.63) is 35.4 Å². The average Bonchev–Trinajstić information content (AvgIpc) is 2.07. The first-order valence-corrected chi connectivity index (χ1v) is 5.07. The summed E-state index contributed by atoms with van der Waals surface area (Å²) >= 11 is 8.79. The lowest BCUT2D eigenvalue weighted by atomic mass is 10.4. The van der Waals surface area contributed by atoms with E-state index in [1.807, 2.05) is 30.3 Å². The largest absolute Gasteiger partial charge is 0.0928 e. The summed E-state index contributed by atoms with van der Waals surface area (Å²) in [6, 6.07) is 9.44. The normalized spacial score (nSPS) is 8.27. The molecule has 0 amide bonds. The van der Waals surface area contributed by atoms with Gasteiger partial charge in [-0.15, -0.1) is 0 Å². The van der Waals surface area contributed by atoms with Crippen molar-refractivity contribution >= 4 is 27.5 Å². The second-order valence-corrected chi connectivity index (χ2v) is 3.21. The first-order chi connectivity index (χ1) is 5.31. The number of rotatable bonds is 1. The van der Waals surface area contributed by atoms with Crippen molar-refractivity contribution in [2.45, 2.75) is 13.3 Å². The fourth-order valence-corrected chi connectivity index (χ4v) is 0.560. The molecule has 0 fully saturated rings. The minimum atomic E-state index is 0.794. The zero-order valence-electron chi connectivity index (χ0n) is 6.56. The van der Waals surface area contributed by atoms with E-state index in [1.54, 1.807) is 0 Å². The van der Waals surface area contributed by atoms with Crippen molar-refractivity contribution in [1.82, 2.24) is 0 Å². The smallest absolute Gasteiger partial charge is 0.0405 e. The molecule has 62 valence electrons. The Morgan fingerprint density at radius 2 is 1.73 bits per heavy atom. The maximum absolute atomic E-state index is 5.54. The highest BCUT2D eigenvalue weighted by Gasteiger charge is 1.74. The van der Waals surface area contributed by atoms with Crippen LogP contribution in [0, 0.1) is 0 Å². The Morgan fingerprint density at radius 3 is 1.91 bits per heavy atom. The third-order valence-corrected chi connectivity index (χ3v) is 1.97. The number of benzene rings is 1. The minimum absolute atomic E-state index is 0.794. The summed E-state index contributed by atoms with van der Waals surface area (Å²) in [7, 11) is 0. The highest BCUT2D eigenvalue weighted by molar-refractivity contribution is 9.09. The van der Waals surface area contributed by atoms with Crippen LogP contribution in [0.4, 0.5) is 0 Å². The lowest BCUT2D eigenvalue weighted by Crippen LogP contribution is -1.55. The molecule has 1 rings (SSSR count). The van der Waals surface area contributed by atoms with Gasteiger partial charge in [-0.3, -0.25) is 0 Å². The molecule has 0 radical (unpaired) electrons. The van der Waals surface area contributed by atoms with Crippen LogP contribution in [0.1, 0.15) is 13.3 Å². The van der Waals surface area contributed by atoms with E-state index in [-0.39, 0.29) is 0 Å². The number of hydrogen-bond donors (Lipinski definition) is 0. The van der Waals surface area contributed by atoms with Crippen LogP contribution in [-0.4, -0.2) is 5.33 Å². The third-order valence-electron chi connectivity index (χ3n) is 0.922. The molecule has 0 saturated heterocycles. The first-order valence-electron chi connectivity index (χ1n) is 3.57. The molecule has 0 bridgehead atoms. The fraction of sp³-hybridized carbons (Fsp3) is 0.333. The number of alkyl halides is 1. The van der Waals surface area contributed by atoms with E-state index in [0.29, 0.717) is 0 Å². The molecule has 0 aromatic heterocycles. The van der Waals surface area contributed by atoms with E-state index in [0.717, 1.165) is 10.4 Å². The van der Waals surface area contributed by atoms with E-state index in [1.165, 1.54) is 6.42 Å². The maximum atomic E-state index is 5.54. The van der Waals surface area contributed by atoms with Crippen molar-refractivity contribution in [3.63, 3.8) is 0 Å². The molecule has 0 atom stereocenters. The van der Waals surface area contributed by atoms with E-state index >= 15 is 0 Å². The zero-order valence-corrected chi connectivity index (χ0v) is 8.90. The van der Waals surface area contributed by atoms with Crippen LogP contribution in [0.15, 0.2) is 30.3 Å². The molecule has 1 aromatic carbocycles. The SMILES string of the molecule is CCCBr.Clc1ccccc1. The van der Waals surface area contributed by atoms with Crippen LogP contribution in [-0.2, 0) is 0 Å². The van der Waals surface area contributed by atoms with Gasteiger partial charge in [-0.25, -0.2) is 0 Å². The van der Waals surface area contributed by atoms with E-state index < -0.39 is 0 Å². The number of halogens is 2. The lowest BCUT2D eigenvalue weighted by Gasteiger charge is -1.80. The van der Waals surface area contributed by atoms with Crippen LogP contribution >= 0.6 is 27.5 Å². The summed E-state index contributed by atoms with van der Waals surface area (Å²) in [5, 5.41) is 1.93. The summed E-state index contributed by atoms with van der Waals surface area (Å²) < 4.78 is 0. The second-order valence-electron chi connectivity index (χ2n) is 1.98. The third kappa shape index (κ3) is 7.89. The quantitative estimate of drug-likeness (QED) is 0.642. The van der Waals surface area contributed by atoms with Gasteiger partial charge in [0.15, 0.2) is 0 Å². The van der Waals surface area contributed by atoms with E-state index in [9.17, 15) is 0 Å². The van der Waals surface area contributed by atoms with Crippen LogP contribution in [0.25, 0.3) is 0 Å². The molecule has 11 heavy (non-hydrogen) atoms. The van der Waals surface area contributed by atoms with Gasteiger partial charge in [-0.1, -0.05) is 52.7 Å². The Hall–Kier alpha value is -0.0100.